The molecule has 2 rings (SSSR count). The third kappa shape index (κ3) is 3.31. The number of nitrogens with zero attached hydrogens (tertiary/aromatic N) is 3. The highest BCUT2D eigenvalue weighted by atomic mass is 35.5. The molecule has 0 aromatic carbocycles. The summed E-state index contributed by atoms with van der Waals surface area (Å²) in [6.45, 7) is 4.24. The fourth-order valence-electron chi connectivity index (χ4n) is 2.59. The molecule has 0 radical (unpaired) electrons. The molecule has 2 N–H and O–H groups in total. The third-order valence-corrected chi connectivity index (χ3v) is 4.11. The van der Waals surface area contributed by atoms with Crippen LogP contribution in [0.3, 0.4) is 0 Å². The number of hydrogen-bond acceptors (Lipinski definition) is 5. The largest absolute Gasteiger partial charge is 0.394 e. The number of hydrogen-bond donors (Lipinski definition) is 2. The van der Waals surface area contributed by atoms with Crippen molar-refractivity contribution in [2.24, 2.45) is 5.92 Å². The number of aliphatic hydroxyl groups is 1. The molecule has 1 aliphatic heterocycles. The van der Waals surface area contributed by atoms with Gasteiger partial charge in [-0.2, -0.15) is 5.10 Å². The summed E-state index contributed by atoms with van der Waals surface area (Å²) in [5.41, 5.74) is 0.207. The van der Waals surface area contributed by atoms with Gasteiger partial charge in [-0.05, 0) is 25.9 Å². The summed E-state index contributed by atoms with van der Waals surface area (Å²) in [5, 5.41) is 16.4. The van der Waals surface area contributed by atoms with Crippen LogP contribution in [0.4, 0.5) is 5.69 Å². The topological polar surface area (TPSA) is 70.4 Å². The summed E-state index contributed by atoms with van der Waals surface area (Å²) >= 11 is 6.10. The lowest BCUT2D eigenvalue weighted by Crippen LogP contribution is -2.43. The number of halogens is 1. The molecule has 1 saturated heterocycles. The third-order valence-electron chi connectivity index (χ3n) is 3.75. The van der Waals surface area contributed by atoms with Crippen molar-refractivity contribution in [3.8, 4) is 0 Å². The minimum Gasteiger partial charge on any atom is -0.394 e. The molecule has 1 aromatic heterocycles. The van der Waals surface area contributed by atoms with Crippen molar-refractivity contribution in [2.45, 2.75) is 25.9 Å². The molecule has 2 heterocycles. The first kappa shape index (κ1) is 15.3. The van der Waals surface area contributed by atoms with Gasteiger partial charge in [-0.3, -0.25) is 4.79 Å². The van der Waals surface area contributed by atoms with Crippen molar-refractivity contribution in [3.63, 3.8) is 0 Å². The predicted octanol–water partition coefficient (Wildman–Crippen LogP) is 0.641. The fraction of sp³-hybridized carbons (Fsp3) is 0.692. The van der Waals surface area contributed by atoms with Crippen molar-refractivity contribution in [1.29, 1.82) is 0 Å². The second kappa shape index (κ2) is 6.56. The number of anilines is 1. The number of aromatic nitrogens is 2. The smallest absolute Gasteiger partial charge is 0.287 e. The molecule has 20 heavy (non-hydrogen) atoms. The second-order valence-corrected chi connectivity index (χ2v) is 5.78. The van der Waals surface area contributed by atoms with Gasteiger partial charge in [0, 0.05) is 12.6 Å². The van der Waals surface area contributed by atoms with Gasteiger partial charge in [0.1, 0.15) is 5.02 Å². The Bertz CT molecular complexity index is 520. The van der Waals surface area contributed by atoms with E-state index in [1.54, 1.807) is 6.20 Å². The molecule has 0 amide bonds. The zero-order chi connectivity index (χ0) is 14.7. The number of piperidine rings is 1. The van der Waals surface area contributed by atoms with Crippen LogP contribution in [0.1, 0.15) is 13.3 Å². The Morgan fingerprint density at radius 2 is 2.35 bits per heavy atom. The van der Waals surface area contributed by atoms with Gasteiger partial charge in [0.25, 0.3) is 5.56 Å². The molecule has 1 fully saturated rings. The van der Waals surface area contributed by atoms with Gasteiger partial charge in [-0.25, -0.2) is 4.68 Å². The summed E-state index contributed by atoms with van der Waals surface area (Å²) in [7, 11) is 2.11. The zero-order valence-corrected chi connectivity index (χ0v) is 12.6. The minimum atomic E-state index is -0.369. The first-order chi connectivity index (χ1) is 9.52. The van der Waals surface area contributed by atoms with Crippen LogP contribution in [0.5, 0.6) is 0 Å². The molecule has 7 heteroatoms. The first-order valence-corrected chi connectivity index (χ1v) is 7.22. The van der Waals surface area contributed by atoms with Gasteiger partial charge in [-0.1, -0.05) is 18.5 Å². The summed E-state index contributed by atoms with van der Waals surface area (Å²) in [6, 6.07) is 0.290. The van der Waals surface area contributed by atoms with E-state index in [1.807, 2.05) is 0 Å². The number of aliphatic hydroxyl groups excluding tert-OH is 1. The number of rotatable bonds is 4. The molecule has 2 atom stereocenters. The van der Waals surface area contributed by atoms with E-state index in [2.05, 4.69) is 29.3 Å². The van der Waals surface area contributed by atoms with E-state index in [9.17, 15) is 4.79 Å². The molecule has 0 aliphatic carbocycles. The van der Waals surface area contributed by atoms with Crippen LogP contribution >= 0.6 is 11.6 Å². The van der Waals surface area contributed by atoms with Crippen LogP contribution < -0.4 is 10.9 Å². The van der Waals surface area contributed by atoms with Crippen LogP contribution in [-0.4, -0.2) is 52.6 Å². The van der Waals surface area contributed by atoms with Gasteiger partial charge in [-0.15, -0.1) is 0 Å². The molecule has 0 saturated carbocycles. The standard InChI is InChI=1S/C13H21ClN4O2/c1-9-8-17(2)4-3-10(9)16-11-7-15-18(5-6-19)13(20)12(11)14/h7,9-10,16,19H,3-6,8H2,1-2H3. The van der Waals surface area contributed by atoms with E-state index in [1.165, 1.54) is 4.68 Å². The summed E-state index contributed by atoms with van der Waals surface area (Å²) < 4.78 is 1.17. The number of nitrogens with one attached hydrogen (secondary N) is 1. The Kier molecular flexibility index (Phi) is 5.01. The maximum Gasteiger partial charge on any atom is 0.287 e. The average molecular weight is 301 g/mol. The molecular formula is C13H21ClN4O2. The van der Waals surface area contributed by atoms with Crippen molar-refractivity contribution < 1.29 is 5.11 Å². The van der Waals surface area contributed by atoms with Gasteiger partial charge in [0.2, 0.25) is 0 Å². The normalized spacial score (nSPS) is 23.8. The van der Waals surface area contributed by atoms with Crippen LogP contribution in [0, 0.1) is 5.92 Å². The van der Waals surface area contributed by atoms with E-state index in [4.69, 9.17) is 16.7 Å². The van der Waals surface area contributed by atoms with Crippen LogP contribution in [0.25, 0.3) is 0 Å². The van der Waals surface area contributed by atoms with E-state index >= 15 is 0 Å². The highest BCUT2D eigenvalue weighted by Gasteiger charge is 2.25. The molecular weight excluding hydrogens is 280 g/mol. The lowest BCUT2D eigenvalue weighted by Gasteiger charge is -2.35. The zero-order valence-electron chi connectivity index (χ0n) is 11.8. The van der Waals surface area contributed by atoms with Crippen LogP contribution in [0.15, 0.2) is 11.0 Å². The lowest BCUT2D eigenvalue weighted by atomic mass is 9.94. The van der Waals surface area contributed by atoms with E-state index in [-0.39, 0.29) is 23.7 Å². The van der Waals surface area contributed by atoms with E-state index in [0.29, 0.717) is 17.6 Å². The van der Waals surface area contributed by atoms with Gasteiger partial charge in [0.15, 0.2) is 0 Å². The molecule has 6 nitrogen and oxygen atoms in total. The molecule has 2 unspecified atom stereocenters. The van der Waals surface area contributed by atoms with Crippen LogP contribution in [0.2, 0.25) is 5.02 Å². The van der Waals surface area contributed by atoms with Crippen molar-refractivity contribution >= 4 is 17.3 Å². The highest BCUT2D eigenvalue weighted by Crippen LogP contribution is 2.23. The summed E-state index contributed by atoms with van der Waals surface area (Å²) in [6.07, 6.45) is 2.57. The van der Waals surface area contributed by atoms with Crippen molar-refractivity contribution in [3.05, 3.63) is 21.6 Å². The Morgan fingerprint density at radius 3 is 3.00 bits per heavy atom. The van der Waals surface area contributed by atoms with E-state index < -0.39 is 0 Å². The summed E-state index contributed by atoms with van der Waals surface area (Å²) in [5.74, 6) is 0.477. The quantitative estimate of drug-likeness (QED) is 0.854. The maximum absolute atomic E-state index is 12.0. The monoisotopic (exact) mass is 300 g/mol. The Balaban J connectivity index is 2.14. The first-order valence-electron chi connectivity index (χ1n) is 6.84. The van der Waals surface area contributed by atoms with Gasteiger partial charge >= 0.3 is 0 Å². The van der Waals surface area contributed by atoms with E-state index in [0.717, 1.165) is 19.5 Å². The molecule has 1 aromatic rings. The van der Waals surface area contributed by atoms with Crippen molar-refractivity contribution in [1.82, 2.24) is 14.7 Å². The lowest BCUT2D eigenvalue weighted by molar-refractivity contribution is 0.206. The van der Waals surface area contributed by atoms with Crippen molar-refractivity contribution in [2.75, 3.05) is 32.1 Å². The predicted molar refractivity (Wildman–Crippen MR) is 79.3 cm³/mol. The highest BCUT2D eigenvalue weighted by molar-refractivity contribution is 6.32. The van der Waals surface area contributed by atoms with Gasteiger partial charge in [0.05, 0.1) is 25.0 Å². The maximum atomic E-state index is 12.0. The number of likely N-dealkylation sites (tertiary alicyclic amines) is 1. The molecule has 0 bridgehead atoms. The summed E-state index contributed by atoms with van der Waals surface area (Å²) in [4.78, 5) is 14.3. The Labute approximate surface area is 123 Å². The fourth-order valence-corrected chi connectivity index (χ4v) is 2.79. The van der Waals surface area contributed by atoms with Crippen LogP contribution in [-0.2, 0) is 6.54 Å². The molecule has 0 spiro atoms. The Morgan fingerprint density at radius 1 is 1.60 bits per heavy atom. The molecule has 112 valence electrons. The molecule has 1 aliphatic rings. The average Bonchev–Trinajstić information content (AvgIpc) is 2.41. The second-order valence-electron chi connectivity index (χ2n) is 5.40. The Hall–Kier alpha value is -1.11. The van der Waals surface area contributed by atoms with Gasteiger partial charge < -0.3 is 15.3 Å². The minimum absolute atomic E-state index is 0.137. The SMILES string of the molecule is CC1CN(C)CCC1Nc1cnn(CCO)c(=O)c1Cl.